The standard InChI is InChI=1S/C14H20INO2S/c1-16-14(8-11-2-4-13(15)5-3-11)9-12-6-7-19(17,18)10-12/h2-5,12,14,16H,6-10H2,1H3. The van der Waals surface area contributed by atoms with Crippen LogP contribution < -0.4 is 5.32 Å². The van der Waals surface area contributed by atoms with Gasteiger partial charge in [0.15, 0.2) is 9.84 Å². The first-order valence-corrected chi connectivity index (χ1v) is 9.50. The number of halogens is 1. The molecule has 0 amide bonds. The van der Waals surface area contributed by atoms with Gasteiger partial charge in [-0.15, -0.1) is 0 Å². The highest BCUT2D eigenvalue weighted by Crippen LogP contribution is 2.24. The van der Waals surface area contributed by atoms with Crippen molar-refractivity contribution in [1.82, 2.24) is 5.32 Å². The van der Waals surface area contributed by atoms with Crippen LogP contribution in [0.25, 0.3) is 0 Å². The van der Waals surface area contributed by atoms with E-state index in [-0.39, 0.29) is 0 Å². The molecule has 2 unspecified atom stereocenters. The summed E-state index contributed by atoms with van der Waals surface area (Å²) in [7, 11) is -0.797. The van der Waals surface area contributed by atoms with E-state index in [2.05, 4.69) is 52.2 Å². The molecular formula is C14H20INO2S. The quantitative estimate of drug-likeness (QED) is 0.781. The van der Waals surface area contributed by atoms with Crippen LogP contribution in [0, 0.1) is 9.49 Å². The van der Waals surface area contributed by atoms with Gasteiger partial charge in [0.1, 0.15) is 0 Å². The first kappa shape index (κ1) is 15.3. The highest BCUT2D eigenvalue weighted by atomic mass is 127. The van der Waals surface area contributed by atoms with E-state index >= 15 is 0 Å². The van der Waals surface area contributed by atoms with Crippen LogP contribution in [0.1, 0.15) is 18.4 Å². The maximum absolute atomic E-state index is 11.5. The molecule has 1 aromatic rings. The lowest BCUT2D eigenvalue weighted by molar-refractivity contribution is 0.424. The molecule has 5 heteroatoms. The summed E-state index contributed by atoms with van der Waals surface area (Å²) in [5.41, 5.74) is 1.31. The van der Waals surface area contributed by atoms with E-state index < -0.39 is 9.84 Å². The van der Waals surface area contributed by atoms with Crippen molar-refractivity contribution in [3.8, 4) is 0 Å². The molecule has 0 radical (unpaired) electrons. The fourth-order valence-electron chi connectivity index (χ4n) is 2.67. The normalized spacial score (nSPS) is 23.4. The number of nitrogens with one attached hydrogen (secondary N) is 1. The molecule has 1 heterocycles. The predicted octanol–water partition coefficient (Wildman–Crippen LogP) is 2.25. The fraction of sp³-hybridized carbons (Fsp3) is 0.571. The summed E-state index contributed by atoms with van der Waals surface area (Å²) in [6, 6.07) is 8.89. The second-order valence-electron chi connectivity index (χ2n) is 5.32. The van der Waals surface area contributed by atoms with E-state index in [1.54, 1.807) is 0 Å². The minimum atomic E-state index is -2.76. The van der Waals surface area contributed by atoms with Crippen LogP contribution >= 0.6 is 22.6 Å². The first-order valence-electron chi connectivity index (χ1n) is 6.60. The Morgan fingerprint density at radius 3 is 2.58 bits per heavy atom. The summed E-state index contributed by atoms with van der Waals surface area (Å²) in [5.74, 6) is 1.07. The second kappa shape index (κ2) is 6.54. The number of hydrogen-bond donors (Lipinski definition) is 1. The molecule has 0 saturated carbocycles. The minimum Gasteiger partial charge on any atom is -0.317 e. The maximum Gasteiger partial charge on any atom is 0.150 e. The third-order valence-electron chi connectivity index (χ3n) is 3.75. The minimum absolute atomic E-state index is 0.325. The second-order valence-corrected chi connectivity index (χ2v) is 8.80. The Kier molecular flexibility index (Phi) is 5.25. The van der Waals surface area contributed by atoms with Crippen LogP contribution in [0.5, 0.6) is 0 Å². The molecular weight excluding hydrogens is 373 g/mol. The predicted molar refractivity (Wildman–Crippen MR) is 87.1 cm³/mol. The highest BCUT2D eigenvalue weighted by molar-refractivity contribution is 14.1. The van der Waals surface area contributed by atoms with Gasteiger partial charge in [-0.3, -0.25) is 0 Å². The Bertz CT molecular complexity index is 513. The van der Waals surface area contributed by atoms with Crippen LogP contribution in [-0.4, -0.2) is 33.0 Å². The lowest BCUT2D eigenvalue weighted by Gasteiger charge is -2.19. The molecule has 2 rings (SSSR count). The average Bonchev–Trinajstić information content (AvgIpc) is 2.70. The van der Waals surface area contributed by atoms with E-state index in [4.69, 9.17) is 0 Å². The molecule has 1 aliphatic heterocycles. The van der Waals surface area contributed by atoms with E-state index in [1.807, 2.05) is 7.05 Å². The van der Waals surface area contributed by atoms with Gasteiger partial charge < -0.3 is 5.32 Å². The van der Waals surface area contributed by atoms with Crippen LogP contribution in [0.15, 0.2) is 24.3 Å². The Morgan fingerprint density at radius 2 is 2.05 bits per heavy atom. The van der Waals surface area contributed by atoms with Gasteiger partial charge in [0.05, 0.1) is 11.5 Å². The number of sulfone groups is 1. The summed E-state index contributed by atoms with van der Waals surface area (Å²) in [5, 5.41) is 3.32. The van der Waals surface area contributed by atoms with Crippen LogP contribution in [0.2, 0.25) is 0 Å². The SMILES string of the molecule is CNC(Cc1ccc(I)cc1)CC1CCS(=O)(=O)C1. The third kappa shape index (κ3) is 4.72. The lowest BCUT2D eigenvalue weighted by Crippen LogP contribution is -2.30. The summed E-state index contributed by atoms with van der Waals surface area (Å²) < 4.78 is 24.2. The average molecular weight is 393 g/mol. The van der Waals surface area contributed by atoms with E-state index in [9.17, 15) is 8.42 Å². The molecule has 106 valence electrons. The fourth-order valence-corrected chi connectivity index (χ4v) is 4.91. The van der Waals surface area contributed by atoms with Crippen molar-refractivity contribution in [3.63, 3.8) is 0 Å². The number of hydrogen-bond acceptors (Lipinski definition) is 3. The first-order chi connectivity index (χ1) is 8.98. The van der Waals surface area contributed by atoms with Crippen LogP contribution in [-0.2, 0) is 16.3 Å². The smallest absolute Gasteiger partial charge is 0.150 e. The van der Waals surface area contributed by atoms with Crippen molar-refractivity contribution < 1.29 is 8.42 Å². The summed E-state index contributed by atoms with van der Waals surface area (Å²) in [4.78, 5) is 0. The summed E-state index contributed by atoms with van der Waals surface area (Å²) >= 11 is 2.30. The van der Waals surface area contributed by atoms with Gasteiger partial charge in [0.2, 0.25) is 0 Å². The van der Waals surface area contributed by atoms with E-state index in [0.29, 0.717) is 23.5 Å². The van der Waals surface area contributed by atoms with Crippen molar-refractivity contribution in [2.24, 2.45) is 5.92 Å². The van der Waals surface area contributed by atoms with Gasteiger partial charge >= 0.3 is 0 Å². The summed E-state index contributed by atoms with van der Waals surface area (Å²) in [6.07, 6.45) is 2.74. The molecule has 3 nitrogen and oxygen atoms in total. The van der Waals surface area contributed by atoms with Crippen LogP contribution in [0.4, 0.5) is 0 Å². The Labute approximate surface area is 129 Å². The Morgan fingerprint density at radius 1 is 1.37 bits per heavy atom. The Balaban J connectivity index is 1.92. The zero-order valence-corrected chi connectivity index (χ0v) is 14.1. The van der Waals surface area contributed by atoms with Gasteiger partial charge in [-0.2, -0.15) is 0 Å². The third-order valence-corrected chi connectivity index (χ3v) is 6.30. The monoisotopic (exact) mass is 393 g/mol. The van der Waals surface area contributed by atoms with Crippen molar-refractivity contribution in [2.45, 2.75) is 25.3 Å². The van der Waals surface area contributed by atoms with E-state index in [1.165, 1.54) is 9.13 Å². The molecule has 1 saturated heterocycles. The maximum atomic E-state index is 11.5. The molecule has 1 aliphatic rings. The zero-order chi connectivity index (χ0) is 13.9. The molecule has 1 fully saturated rings. The molecule has 0 aliphatic carbocycles. The molecule has 0 aromatic heterocycles. The lowest BCUT2D eigenvalue weighted by atomic mass is 9.95. The molecule has 0 spiro atoms. The van der Waals surface area contributed by atoms with Gasteiger partial charge in [-0.1, -0.05) is 12.1 Å². The number of rotatable bonds is 5. The van der Waals surface area contributed by atoms with Gasteiger partial charge in [-0.25, -0.2) is 8.42 Å². The Hall–Kier alpha value is -0.140. The van der Waals surface area contributed by atoms with Crippen LogP contribution in [0.3, 0.4) is 0 Å². The zero-order valence-electron chi connectivity index (χ0n) is 11.1. The number of likely N-dealkylation sites (N-methyl/N-ethyl adjacent to an activating group) is 1. The summed E-state index contributed by atoms with van der Waals surface area (Å²) in [6.45, 7) is 0. The van der Waals surface area contributed by atoms with Crippen molar-refractivity contribution in [3.05, 3.63) is 33.4 Å². The molecule has 1 N–H and O–H groups in total. The van der Waals surface area contributed by atoms with Gasteiger partial charge in [-0.05, 0) is 72.5 Å². The highest BCUT2D eigenvalue weighted by Gasteiger charge is 2.29. The molecule has 2 atom stereocenters. The van der Waals surface area contributed by atoms with Crippen molar-refractivity contribution in [1.29, 1.82) is 0 Å². The van der Waals surface area contributed by atoms with Crippen molar-refractivity contribution >= 4 is 32.4 Å². The van der Waals surface area contributed by atoms with Gasteiger partial charge in [0.25, 0.3) is 0 Å². The van der Waals surface area contributed by atoms with Crippen molar-refractivity contribution in [2.75, 3.05) is 18.6 Å². The molecule has 0 bridgehead atoms. The topological polar surface area (TPSA) is 46.2 Å². The van der Waals surface area contributed by atoms with E-state index in [0.717, 1.165) is 19.3 Å². The van der Waals surface area contributed by atoms with Gasteiger partial charge in [0, 0.05) is 9.61 Å². The number of benzene rings is 1. The molecule has 1 aromatic carbocycles. The largest absolute Gasteiger partial charge is 0.317 e. The molecule has 19 heavy (non-hydrogen) atoms.